The highest BCUT2D eigenvalue weighted by molar-refractivity contribution is 5.96. The average molecular weight is 521 g/mol. The van der Waals surface area contributed by atoms with Crippen molar-refractivity contribution in [1.82, 2.24) is 9.80 Å². The van der Waals surface area contributed by atoms with Gasteiger partial charge < -0.3 is 19.3 Å². The lowest BCUT2D eigenvalue weighted by Crippen LogP contribution is -2.49. The maximum Gasteiger partial charge on any atom is 0.415 e. The highest BCUT2D eigenvalue weighted by atomic mass is 16.6. The molecule has 1 saturated carbocycles. The van der Waals surface area contributed by atoms with Crippen molar-refractivity contribution in [3.63, 3.8) is 0 Å². The van der Waals surface area contributed by atoms with E-state index < -0.39 is 36.1 Å². The van der Waals surface area contributed by atoms with Crippen molar-refractivity contribution in [2.45, 2.75) is 31.3 Å². The molecule has 4 aromatic carbocycles. The maximum atomic E-state index is 14.6. The molecule has 4 unspecified atom stereocenters. The summed E-state index contributed by atoms with van der Waals surface area (Å²) in [5, 5.41) is 4.01. The van der Waals surface area contributed by atoms with Gasteiger partial charge in [0.15, 0.2) is 0 Å². The summed E-state index contributed by atoms with van der Waals surface area (Å²) >= 11 is 0. The van der Waals surface area contributed by atoms with E-state index in [4.69, 9.17) is 9.47 Å². The van der Waals surface area contributed by atoms with E-state index in [1.54, 1.807) is 23.9 Å². The number of hydrogen-bond donors (Lipinski definition) is 0. The molecule has 0 radical (unpaired) electrons. The lowest BCUT2D eigenvalue weighted by Gasteiger charge is -2.45. The standard InChI is InChI=1S/C32H28N2O5/c1-33-28(26-20-10-5-3-8-18(20)14-16-24(26)38-31(33)36)22-12-7-13-23(30(22)35)29-27-21-11-6-4-9-19(21)15-17-25(27)39-32(37)34(29)2/h3-6,8-11,14-17,22-23,28-29H,7,12-13H2,1-2H3. The van der Waals surface area contributed by atoms with Gasteiger partial charge >= 0.3 is 12.2 Å². The second-order valence-electron chi connectivity index (χ2n) is 10.8. The topological polar surface area (TPSA) is 76.2 Å². The van der Waals surface area contributed by atoms with Crippen LogP contribution >= 0.6 is 0 Å². The van der Waals surface area contributed by atoms with E-state index in [1.807, 2.05) is 72.8 Å². The van der Waals surface area contributed by atoms with Gasteiger partial charge in [-0.2, -0.15) is 0 Å². The highest BCUT2D eigenvalue weighted by Gasteiger charge is 2.49. The predicted molar refractivity (Wildman–Crippen MR) is 147 cm³/mol. The summed E-state index contributed by atoms with van der Waals surface area (Å²) < 4.78 is 11.4. The fourth-order valence-electron chi connectivity index (χ4n) is 6.97. The van der Waals surface area contributed by atoms with E-state index >= 15 is 0 Å². The van der Waals surface area contributed by atoms with Crippen LogP contribution in [-0.4, -0.2) is 41.9 Å². The maximum absolute atomic E-state index is 14.6. The van der Waals surface area contributed by atoms with Crippen molar-refractivity contribution in [2.75, 3.05) is 14.1 Å². The zero-order chi connectivity index (χ0) is 26.8. The minimum atomic E-state index is -0.465. The Hall–Kier alpha value is -4.39. The van der Waals surface area contributed by atoms with Crippen LogP contribution in [0.4, 0.5) is 9.59 Å². The molecule has 2 aliphatic heterocycles. The van der Waals surface area contributed by atoms with E-state index in [9.17, 15) is 14.4 Å². The van der Waals surface area contributed by atoms with Gasteiger partial charge in [-0.3, -0.25) is 4.79 Å². The Morgan fingerprint density at radius 1 is 0.615 bits per heavy atom. The summed E-state index contributed by atoms with van der Waals surface area (Å²) in [5.41, 5.74) is 1.74. The first-order valence-electron chi connectivity index (χ1n) is 13.4. The third-order valence-corrected chi connectivity index (χ3v) is 8.78. The molecule has 1 aliphatic carbocycles. The number of carbonyl (C=O) groups is 3. The predicted octanol–water partition coefficient (Wildman–Crippen LogP) is 6.65. The SMILES string of the molecule is CN1C(=O)Oc2ccc3ccccc3c2C1C1CCCC(C2c3c(ccc4ccccc34)OC(=O)N2C)C1=O. The lowest BCUT2D eigenvalue weighted by atomic mass is 9.69. The highest BCUT2D eigenvalue weighted by Crippen LogP contribution is 2.51. The Bertz CT molecular complexity index is 1560. The van der Waals surface area contributed by atoms with Crippen LogP contribution < -0.4 is 9.47 Å². The van der Waals surface area contributed by atoms with Crippen LogP contribution in [0.1, 0.15) is 42.5 Å². The lowest BCUT2D eigenvalue weighted by molar-refractivity contribution is -0.134. The van der Waals surface area contributed by atoms with E-state index in [0.29, 0.717) is 24.3 Å². The molecule has 3 aliphatic rings. The van der Waals surface area contributed by atoms with Gasteiger partial charge in [-0.15, -0.1) is 0 Å². The van der Waals surface area contributed by atoms with E-state index in [1.165, 1.54) is 0 Å². The molecule has 39 heavy (non-hydrogen) atoms. The Kier molecular flexibility index (Phi) is 5.37. The zero-order valence-electron chi connectivity index (χ0n) is 21.8. The molecule has 7 nitrogen and oxygen atoms in total. The summed E-state index contributed by atoms with van der Waals surface area (Å²) in [4.78, 5) is 43.6. The minimum Gasteiger partial charge on any atom is -0.410 e. The van der Waals surface area contributed by atoms with Gasteiger partial charge in [0.05, 0.1) is 12.1 Å². The van der Waals surface area contributed by atoms with Gasteiger partial charge in [0.25, 0.3) is 0 Å². The van der Waals surface area contributed by atoms with Crippen LogP contribution in [0.15, 0.2) is 72.8 Å². The molecule has 2 amide bonds. The molecule has 7 rings (SSSR count). The first-order chi connectivity index (χ1) is 18.9. The van der Waals surface area contributed by atoms with Crippen molar-refractivity contribution < 1.29 is 23.9 Å². The van der Waals surface area contributed by atoms with Crippen molar-refractivity contribution >= 4 is 39.5 Å². The molecular weight excluding hydrogens is 492 g/mol. The number of hydrogen-bond acceptors (Lipinski definition) is 5. The minimum absolute atomic E-state index is 0.0668. The normalized spacial score (nSPS) is 24.8. The van der Waals surface area contributed by atoms with E-state index in [2.05, 4.69) is 0 Å². The number of fused-ring (bicyclic) bond motifs is 6. The second kappa shape index (κ2) is 8.83. The molecule has 4 aromatic rings. The number of ether oxygens (including phenoxy) is 2. The van der Waals surface area contributed by atoms with Crippen LogP contribution in [0.3, 0.4) is 0 Å². The Balaban J connectivity index is 1.36. The number of ketones is 1. The molecule has 7 heteroatoms. The number of Topliss-reactive ketones (excluding diaryl/α,β-unsaturated/α-hetero) is 1. The second-order valence-corrected chi connectivity index (χ2v) is 10.8. The van der Waals surface area contributed by atoms with Crippen LogP contribution in [0.25, 0.3) is 21.5 Å². The van der Waals surface area contributed by atoms with Crippen molar-refractivity contribution in [3.8, 4) is 11.5 Å². The molecule has 2 heterocycles. The largest absolute Gasteiger partial charge is 0.415 e. The molecule has 0 spiro atoms. The van der Waals surface area contributed by atoms with Gasteiger partial charge in [-0.25, -0.2) is 9.59 Å². The summed E-state index contributed by atoms with van der Waals surface area (Å²) in [7, 11) is 3.42. The number of carbonyl (C=O) groups excluding carboxylic acids is 3. The molecule has 1 fully saturated rings. The number of rotatable bonds is 2. The van der Waals surface area contributed by atoms with Gasteiger partial charge in [0.1, 0.15) is 17.3 Å². The van der Waals surface area contributed by atoms with Gasteiger partial charge in [0.2, 0.25) is 0 Å². The molecular formula is C32H28N2O5. The summed E-state index contributed by atoms with van der Waals surface area (Å²) in [5.74, 6) is 0.210. The molecule has 4 atom stereocenters. The van der Waals surface area contributed by atoms with E-state index in [0.717, 1.165) is 39.1 Å². The fraction of sp³-hybridized carbons (Fsp3) is 0.281. The van der Waals surface area contributed by atoms with E-state index in [-0.39, 0.29) is 5.78 Å². The Labute approximate surface area is 225 Å². The Morgan fingerprint density at radius 2 is 1.05 bits per heavy atom. The smallest absolute Gasteiger partial charge is 0.410 e. The van der Waals surface area contributed by atoms with Crippen LogP contribution in [-0.2, 0) is 4.79 Å². The molecule has 0 aromatic heterocycles. The van der Waals surface area contributed by atoms with Crippen molar-refractivity contribution in [2.24, 2.45) is 11.8 Å². The van der Waals surface area contributed by atoms with Gasteiger partial charge in [-0.05, 0) is 46.5 Å². The van der Waals surface area contributed by atoms with Crippen LogP contribution in [0, 0.1) is 11.8 Å². The summed E-state index contributed by atoms with van der Waals surface area (Å²) in [6, 6.07) is 22.6. The number of benzene rings is 4. The number of nitrogens with zero attached hydrogens (tertiary/aromatic N) is 2. The summed E-state index contributed by atoms with van der Waals surface area (Å²) in [6.45, 7) is 0. The number of amides is 2. The van der Waals surface area contributed by atoms with Crippen LogP contribution in [0.2, 0.25) is 0 Å². The third-order valence-electron chi connectivity index (χ3n) is 8.78. The quantitative estimate of drug-likeness (QED) is 0.296. The third kappa shape index (κ3) is 3.52. The average Bonchev–Trinajstić information content (AvgIpc) is 2.95. The summed E-state index contributed by atoms with van der Waals surface area (Å²) in [6.07, 6.45) is 1.19. The first kappa shape index (κ1) is 23.7. The van der Waals surface area contributed by atoms with Crippen molar-refractivity contribution in [1.29, 1.82) is 0 Å². The zero-order valence-corrected chi connectivity index (χ0v) is 21.8. The Morgan fingerprint density at radius 3 is 1.51 bits per heavy atom. The van der Waals surface area contributed by atoms with Crippen LogP contribution in [0.5, 0.6) is 11.5 Å². The molecule has 196 valence electrons. The monoisotopic (exact) mass is 520 g/mol. The molecule has 0 bridgehead atoms. The first-order valence-corrected chi connectivity index (χ1v) is 13.4. The molecule has 0 saturated heterocycles. The van der Waals surface area contributed by atoms with Crippen molar-refractivity contribution in [3.05, 3.63) is 83.9 Å². The fourth-order valence-corrected chi connectivity index (χ4v) is 6.97. The molecule has 0 N–H and O–H groups in total. The van der Waals surface area contributed by atoms with Gasteiger partial charge in [-0.1, -0.05) is 67.1 Å². The van der Waals surface area contributed by atoms with Gasteiger partial charge in [0, 0.05) is 37.1 Å².